The maximum Gasteiger partial charge on any atom is 0.185 e. The summed E-state index contributed by atoms with van der Waals surface area (Å²) >= 11 is 12.8. The molecule has 3 aromatic rings. The van der Waals surface area contributed by atoms with Crippen molar-refractivity contribution in [2.24, 2.45) is 10.8 Å². The Balaban J connectivity index is 1.92. The molecular formula is C27H24Cl2O. The zero-order chi connectivity index (χ0) is 21.3. The van der Waals surface area contributed by atoms with Crippen LogP contribution < -0.4 is 4.74 Å². The van der Waals surface area contributed by atoms with E-state index in [2.05, 4.69) is 70.2 Å². The standard InChI is InChI=1S/C27H24Cl2O/c1-25(2)24(26(25,3)4)23-19-12-8-9-13-22(19)30-27(23,17-10-6-5-7-11-17)18-14-15-20(28)21(29)16-18/h5-16H,1-4H3. The Labute approximate surface area is 188 Å². The van der Waals surface area contributed by atoms with E-state index in [1.54, 1.807) is 0 Å². The molecule has 0 spiro atoms. The molecule has 1 atom stereocenters. The van der Waals surface area contributed by atoms with Crippen LogP contribution in [0.3, 0.4) is 0 Å². The molecule has 3 heteroatoms. The fourth-order valence-electron chi connectivity index (χ4n) is 5.10. The average molecular weight is 435 g/mol. The smallest absolute Gasteiger partial charge is 0.185 e. The van der Waals surface area contributed by atoms with Crippen molar-refractivity contribution in [3.05, 3.63) is 105 Å². The molecule has 1 aliphatic carbocycles. The van der Waals surface area contributed by atoms with E-state index >= 15 is 0 Å². The Hall–Kier alpha value is -2.22. The second kappa shape index (κ2) is 6.39. The van der Waals surface area contributed by atoms with Crippen LogP contribution in [-0.2, 0) is 5.60 Å². The highest BCUT2D eigenvalue weighted by atomic mass is 35.5. The van der Waals surface area contributed by atoms with E-state index in [9.17, 15) is 0 Å². The summed E-state index contributed by atoms with van der Waals surface area (Å²) in [4.78, 5) is 0. The summed E-state index contributed by atoms with van der Waals surface area (Å²) in [5.74, 6) is 0.897. The molecule has 1 unspecified atom stereocenters. The highest BCUT2D eigenvalue weighted by Gasteiger charge is 2.65. The van der Waals surface area contributed by atoms with E-state index < -0.39 is 5.60 Å². The maximum atomic E-state index is 6.90. The van der Waals surface area contributed by atoms with Gasteiger partial charge in [-0.05, 0) is 34.6 Å². The summed E-state index contributed by atoms with van der Waals surface area (Å²) < 4.78 is 6.90. The van der Waals surface area contributed by atoms with E-state index in [4.69, 9.17) is 27.9 Å². The molecule has 0 N–H and O–H groups in total. The molecular weight excluding hydrogens is 411 g/mol. The summed E-state index contributed by atoms with van der Waals surface area (Å²) in [7, 11) is 0. The summed E-state index contributed by atoms with van der Waals surface area (Å²) in [5, 5.41) is 1.07. The zero-order valence-electron chi connectivity index (χ0n) is 17.6. The maximum absolute atomic E-state index is 6.90. The van der Waals surface area contributed by atoms with Gasteiger partial charge in [-0.15, -0.1) is 0 Å². The Bertz CT molecular complexity index is 1170. The number of allylic oxidation sites excluding steroid dienone is 1. The van der Waals surface area contributed by atoms with Crippen LogP contribution in [0.5, 0.6) is 5.75 Å². The summed E-state index contributed by atoms with van der Waals surface area (Å²) in [5.41, 5.74) is 5.24. The monoisotopic (exact) mass is 434 g/mol. The minimum Gasteiger partial charge on any atom is -0.472 e. The van der Waals surface area contributed by atoms with Gasteiger partial charge in [-0.3, -0.25) is 0 Å². The van der Waals surface area contributed by atoms with Gasteiger partial charge in [0.05, 0.1) is 10.0 Å². The third-order valence-corrected chi connectivity index (χ3v) is 8.02. The second-order valence-electron chi connectivity index (χ2n) is 9.27. The molecule has 3 aromatic carbocycles. The van der Waals surface area contributed by atoms with E-state index in [1.807, 2.05) is 30.3 Å². The quantitative estimate of drug-likeness (QED) is 0.395. The van der Waals surface area contributed by atoms with Gasteiger partial charge in [0, 0.05) is 22.3 Å². The largest absolute Gasteiger partial charge is 0.472 e. The van der Waals surface area contributed by atoms with E-state index in [0.717, 1.165) is 22.4 Å². The summed E-state index contributed by atoms with van der Waals surface area (Å²) in [6.07, 6.45) is 0. The number of ether oxygens (including phenoxy) is 1. The molecule has 5 rings (SSSR count). The van der Waals surface area contributed by atoms with Crippen LogP contribution >= 0.6 is 23.2 Å². The lowest BCUT2D eigenvalue weighted by molar-refractivity contribution is 0.192. The molecule has 1 nitrogen and oxygen atoms in total. The highest BCUT2D eigenvalue weighted by Crippen LogP contribution is 2.74. The van der Waals surface area contributed by atoms with Gasteiger partial charge in [-0.25, -0.2) is 0 Å². The predicted molar refractivity (Wildman–Crippen MR) is 125 cm³/mol. The van der Waals surface area contributed by atoms with Crippen molar-refractivity contribution in [2.75, 3.05) is 0 Å². The van der Waals surface area contributed by atoms with Crippen LogP contribution in [0, 0.1) is 10.8 Å². The number of hydrogen-bond acceptors (Lipinski definition) is 1. The van der Waals surface area contributed by atoms with Crippen molar-refractivity contribution in [2.45, 2.75) is 33.3 Å². The molecule has 30 heavy (non-hydrogen) atoms. The van der Waals surface area contributed by atoms with Gasteiger partial charge in [0.1, 0.15) is 5.75 Å². The Morgan fingerprint density at radius 3 is 1.93 bits per heavy atom. The van der Waals surface area contributed by atoms with Crippen molar-refractivity contribution in [1.82, 2.24) is 0 Å². The third-order valence-electron chi connectivity index (χ3n) is 7.28. The highest BCUT2D eigenvalue weighted by molar-refractivity contribution is 6.42. The molecule has 0 saturated heterocycles. The van der Waals surface area contributed by atoms with Gasteiger partial charge in [0.2, 0.25) is 0 Å². The molecule has 0 radical (unpaired) electrons. The van der Waals surface area contributed by atoms with E-state index in [0.29, 0.717) is 10.0 Å². The molecule has 1 saturated carbocycles. The molecule has 0 bridgehead atoms. The van der Waals surface area contributed by atoms with Crippen LogP contribution in [0.2, 0.25) is 10.0 Å². The van der Waals surface area contributed by atoms with Gasteiger partial charge in [-0.1, -0.05) is 105 Å². The van der Waals surface area contributed by atoms with Gasteiger partial charge < -0.3 is 4.74 Å². The third kappa shape index (κ3) is 2.49. The van der Waals surface area contributed by atoms with Crippen molar-refractivity contribution in [1.29, 1.82) is 0 Å². The van der Waals surface area contributed by atoms with Gasteiger partial charge in [-0.2, -0.15) is 0 Å². The van der Waals surface area contributed by atoms with Crippen molar-refractivity contribution >= 4 is 28.8 Å². The fraction of sp³-hybridized carbons (Fsp3) is 0.259. The predicted octanol–water partition coefficient (Wildman–Crippen LogP) is 8.15. The first-order chi connectivity index (χ1) is 14.2. The number of halogens is 2. The van der Waals surface area contributed by atoms with Crippen LogP contribution in [0.4, 0.5) is 0 Å². The Kier molecular flexibility index (Phi) is 4.20. The second-order valence-corrected chi connectivity index (χ2v) is 10.1. The molecule has 1 fully saturated rings. The Morgan fingerprint density at radius 1 is 0.667 bits per heavy atom. The lowest BCUT2D eigenvalue weighted by atomic mass is 9.77. The first kappa shape index (κ1) is 19.7. The van der Waals surface area contributed by atoms with Crippen molar-refractivity contribution in [3.8, 4) is 5.75 Å². The number of para-hydroxylation sites is 1. The fourth-order valence-corrected chi connectivity index (χ4v) is 5.39. The van der Waals surface area contributed by atoms with Crippen molar-refractivity contribution < 1.29 is 4.74 Å². The Morgan fingerprint density at radius 2 is 1.30 bits per heavy atom. The van der Waals surface area contributed by atoms with E-state index in [-0.39, 0.29) is 10.8 Å². The number of fused-ring (bicyclic) bond motifs is 1. The molecule has 1 aliphatic heterocycles. The van der Waals surface area contributed by atoms with Gasteiger partial charge in [0.15, 0.2) is 5.60 Å². The van der Waals surface area contributed by atoms with E-state index in [1.165, 1.54) is 11.1 Å². The van der Waals surface area contributed by atoms with Crippen LogP contribution in [0.15, 0.2) is 78.4 Å². The topological polar surface area (TPSA) is 9.23 Å². The van der Waals surface area contributed by atoms with Gasteiger partial charge >= 0.3 is 0 Å². The molecule has 0 aromatic heterocycles. The van der Waals surface area contributed by atoms with Crippen LogP contribution in [-0.4, -0.2) is 0 Å². The molecule has 2 aliphatic rings. The lowest BCUT2D eigenvalue weighted by Crippen LogP contribution is -2.32. The number of rotatable bonds is 2. The minimum absolute atomic E-state index is 0.0688. The SMILES string of the molecule is CC1(C)C(=C2c3ccccc3OC2(c2ccccc2)c2ccc(Cl)c(Cl)c2)C1(C)C. The van der Waals surface area contributed by atoms with Crippen LogP contribution in [0.1, 0.15) is 44.4 Å². The van der Waals surface area contributed by atoms with Crippen molar-refractivity contribution in [3.63, 3.8) is 0 Å². The molecule has 152 valence electrons. The minimum atomic E-state index is -0.778. The lowest BCUT2D eigenvalue weighted by Gasteiger charge is -2.32. The van der Waals surface area contributed by atoms with Gasteiger partial charge in [0.25, 0.3) is 0 Å². The van der Waals surface area contributed by atoms with Crippen LogP contribution in [0.25, 0.3) is 5.57 Å². The zero-order valence-corrected chi connectivity index (χ0v) is 19.1. The molecule has 0 amide bonds. The first-order valence-corrected chi connectivity index (χ1v) is 11.0. The summed E-state index contributed by atoms with van der Waals surface area (Å²) in [6.45, 7) is 9.28. The number of benzene rings is 3. The normalized spacial score (nSPS) is 23.1. The number of hydrogen-bond donors (Lipinski definition) is 0. The first-order valence-electron chi connectivity index (χ1n) is 10.3. The summed E-state index contributed by atoms with van der Waals surface area (Å²) in [6, 6.07) is 24.6. The average Bonchev–Trinajstić information content (AvgIpc) is 2.99. The molecule has 1 heterocycles.